The van der Waals surface area contributed by atoms with E-state index in [2.05, 4.69) is 5.32 Å². The fraction of sp³-hybridized carbons (Fsp3) is 0.609. The molecule has 1 N–H and O–H groups in total. The number of para-hydroxylation sites is 1. The Morgan fingerprint density at radius 3 is 2.76 bits per heavy atom. The number of carbonyl (C=O) groups excluding carboxylic acids is 3. The number of likely N-dealkylation sites (N-methyl/N-ethyl adjacent to an activating group) is 1. The Morgan fingerprint density at radius 1 is 1.28 bits per heavy atom. The molecule has 1 aliphatic rings. The molecule has 6 nitrogen and oxygen atoms in total. The molecule has 0 aromatic heterocycles. The van der Waals surface area contributed by atoms with Gasteiger partial charge in [0.2, 0.25) is 5.91 Å². The molecule has 1 amide bonds. The lowest BCUT2D eigenvalue weighted by Gasteiger charge is -2.24. The number of likely N-dealkylation sites (tertiary alicyclic amines) is 1. The minimum Gasteiger partial charge on any atom is -0.496 e. The fourth-order valence-corrected chi connectivity index (χ4v) is 3.79. The second-order valence-electron chi connectivity index (χ2n) is 7.84. The van der Waals surface area contributed by atoms with E-state index in [9.17, 15) is 14.4 Å². The second kappa shape index (κ2) is 11.7. The zero-order valence-corrected chi connectivity index (χ0v) is 17.9. The predicted molar refractivity (Wildman–Crippen MR) is 113 cm³/mol. The van der Waals surface area contributed by atoms with Gasteiger partial charge in [0, 0.05) is 25.3 Å². The molecule has 1 aromatic rings. The van der Waals surface area contributed by atoms with Crippen LogP contribution in [0.1, 0.15) is 51.0 Å². The number of methoxy groups -OCH3 is 1. The quantitative estimate of drug-likeness (QED) is 0.616. The number of benzene rings is 1. The van der Waals surface area contributed by atoms with E-state index in [1.54, 1.807) is 19.1 Å². The van der Waals surface area contributed by atoms with E-state index in [0.29, 0.717) is 13.0 Å². The number of amides is 1. The number of ketones is 2. The van der Waals surface area contributed by atoms with Gasteiger partial charge in [-0.2, -0.15) is 0 Å². The molecule has 1 fully saturated rings. The molecule has 1 saturated heterocycles. The second-order valence-corrected chi connectivity index (χ2v) is 7.84. The summed E-state index contributed by atoms with van der Waals surface area (Å²) in [6, 6.07) is 7.57. The lowest BCUT2D eigenvalue weighted by Crippen LogP contribution is -2.41. The van der Waals surface area contributed by atoms with Gasteiger partial charge in [-0.15, -0.1) is 0 Å². The van der Waals surface area contributed by atoms with E-state index < -0.39 is 0 Å². The molecule has 0 aliphatic carbocycles. The largest absolute Gasteiger partial charge is 0.496 e. The van der Waals surface area contributed by atoms with Crippen LogP contribution in [0.15, 0.2) is 24.3 Å². The predicted octanol–water partition coefficient (Wildman–Crippen LogP) is 2.78. The summed E-state index contributed by atoms with van der Waals surface area (Å²) in [4.78, 5) is 39.3. The van der Waals surface area contributed by atoms with Gasteiger partial charge in [-0.3, -0.25) is 14.4 Å². The van der Waals surface area contributed by atoms with Crippen LogP contribution >= 0.6 is 0 Å². The van der Waals surface area contributed by atoms with Crippen molar-refractivity contribution in [1.29, 1.82) is 0 Å². The third-order valence-corrected chi connectivity index (χ3v) is 5.72. The van der Waals surface area contributed by atoms with Crippen molar-refractivity contribution in [1.82, 2.24) is 10.2 Å². The van der Waals surface area contributed by atoms with Crippen LogP contribution in [0.25, 0.3) is 0 Å². The number of ether oxygens (including phenoxy) is 1. The summed E-state index contributed by atoms with van der Waals surface area (Å²) in [6.07, 6.45) is 4.69. The van der Waals surface area contributed by atoms with E-state index in [1.807, 2.05) is 31.2 Å². The Bertz CT molecular complexity index is 704. The highest BCUT2D eigenvalue weighted by Crippen LogP contribution is 2.23. The highest BCUT2D eigenvalue weighted by atomic mass is 16.5. The van der Waals surface area contributed by atoms with E-state index in [-0.39, 0.29) is 42.4 Å². The number of aryl methyl sites for hydroxylation is 1. The van der Waals surface area contributed by atoms with Crippen LogP contribution in [0.4, 0.5) is 0 Å². The maximum atomic E-state index is 12.9. The summed E-state index contributed by atoms with van der Waals surface area (Å²) >= 11 is 0. The number of nitrogens with one attached hydrogen (secondary N) is 1. The molecule has 29 heavy (non-hydrogen) atoms. The molecule has 0 saturated carbocycles. The standard InChI is InChI=1S/C23H34N2O4/c1-17(24-2)21(27)15-19-10-6-7-14-25(23(19)28)16-20(26)12-8-11-18-9-4-5-13-22(18)29-3/h4-5,9,13,17,19,24H,6-8,10-12,14-16H2,1-3H3/t17-,19+/m0/s1. The molecular formula is C23H34N2O4. The Balaban J connectivity index is 1.86. The number of hydrogen-bond donors (Lipinski definition) is 1. The van der Waals surface area contributed by atoms with Crippen molar-refractivity contribution in [3.05, 3.63) is 29.8 Å². The van der Waals surface area contributed by atoms with Crippen LogP contribution in [0.5, 0.6) is 5.75 Å². The van der Waals surface area contributed by atoms with E-state index in [1.165, 1.54) is 0 Å². The van der Waals surface area contributed by atoms with Gasteiger partial charge in [0.25, 0.3) is 0 Å². The molecule has 0 unspecified atom stereocenters. The monoisotopic (exact) mass is 402 g/mol. The Hall–Kier alpha value is -2.21. The smallest absolute Gasteiger partial charge is 0.226 e. The van der Waals surface area contributed by atoms with Crippen LogP contribution in [0.2, 0.25) is 0 Å². The molecule has 1 heterocycles. The molecular weight excluding hydrogens is 368 g/mol. The third-order valence-electron chi connectivity index (χ3n) is 5.72. The van der Waals surface area contributed by atoms with Crippen LogP contribution in [0.3, 0.4) is 0 Å². The highest BCUT2D eigenvalue weighted by Gasteiger charge is 2.30. The molecule has 6 heteroatoms. The van der Waals surface area contributed by atoms with Crippen molar-refractivity contribution in [3.63, 3.8) is 0 Å². The summed E-state index contributed by atoms with van der Waals surface area (Å²) in [5, 5.41) is 2.94. The first-order valence-electron chi connectivity index (χ1n) is 10.6. The fourth-order valence-electron chi connectivity index (χ4n) is 3.79. The molecule has 0 spiro atoms. The van der Waals surface area contributed by atoms with Gasteiger partial charge >= 0.3 is 0 Å². The molecule has 1 aromatic carbocycles. The maximum Gasteiger partial charge on any atom is 0.226 e. The number of hydrogen-bond acceptors (Lipinski definition) is 5. The summed E-state index contributed by atoms with van der Waals surface area (Å²) in [5.41, 5.74) is 1.09. The summed E-state index contributed by atoms with van der Waals surface area (Å²) < 4.78 is 5.35. The van der Waals surface area contributed by atoms with Crippen molar-refractivity contribution >= 4 is 17.5 Å². The van der Waals surface area contributed by atoms with Crippen LogP contribution in [-0.2, 0) is 20.8 Å². The van der Waals surface area contributed by atoms with Gasteiger partial charge in [-0.05, 0) is 51.3 Å². The van der Waals surface area contributed by atoms with E-state index >= 15 is 0 Å². The molecule has 1 aliphatic heterocycles. The van der Waals surface area contributed by atoms with Gasteiger partial charge in [0.05, 0.1) is 19.7 Å². The summed E-state index contributed by atoms with van der Waals surface area (Å²) in [6.45, 7) is 2.56. The SMILES string of the molecule is CN[C@@H](C)C(=O)C[C@H]1CCCCN(CC(=O)CCCc2ccccc2OC)C1=O. The van der Waals surface area contributed by atoms with Crippen LogP contribution in [-0.4, -0.2) is 55.7 Å². The number of rotatable bonds is 11. The highest BCUT2D eigenvalue weighted by molar-refractivity contribution is 5.91. The minimum absolute atomic E-state index is 0.0442. The lowest BCUT2D eigenvalue weighted by molar-refractivity contribution is -0.140. The molecule has 2 atom stereocenters. The molecule has 2 rings (SSSR count). The topological polar surface area (TPSA) is 75.7 Å². The summed E-state index contributed by atoms with van der Waals surface area (Å²) in [5.74, 6) is 0.616. The Morgan fingerprint density at radius 2 is 2.03 bits per heavy atom. The average molecular weight is 403 g/mol. The van der Waals surface area contributed by atoms with E-state index in [4.69, 9.17) is 4.74 Å². The van der Waals surface area contributed by atoms with Gasteiger partial charge in [0.15, 0.2) is 5.78 Å². The Kier molecular flexibility index (Phi) is 9.32. The molecule has 0 bridgehead atoms. The van der Waals surface area contributed by atoms with Crippen molar-refractivity contribution in [2.24, 2.45) is 5.92 Å². The zero-order valence-electron chi connectivity index (χ0n) is 17.9. The molecule has 0 radical (unpaired) electrons. The number of nitrogens with zero attached hydrogens (tertiary/aromatic N) is 1. The Labute approximate surface area is 174 Å². The van der Waals surface area contributed by atoms with E-state index in [0.717, 1.165) is 43.4 Å². The van der Waals surface area contributed by atoms with Gasteiger partial charge in [-0.1, -0.05) is 24.6 Å². The summed E-state index contributed by atoms with van der Waals surface area (Å²) in [7, 11) is 3.39. The van der Waals surface area contributed by atoms with Crippen LogP contribution in [0, 0.1) is 5.92 Å². The first-order chi connectivity index (χ1) is 14.0. The normalized spacial score (nSPS) is 18.2. The van der Waals surface area contributed by atoms with Crippen molar-refractivity contribution < 1.29 is 19.1 Å². The number of carbonyl (C=O) groups is 3. The number of Topliss-reactive ketones (excluding diaryl/α,β-unsaturated/α-hetero) is 2. The lowest BCUT2D eigenvalue weighted by atomic mass is 9.94. The first kappa shape index (κ1) is 23.1. The third kappa shape index (κ3) is 6.96. The zero-order chi connectivity index (χ0) is 21.2. The first-order valence-corrected chi connectivity index (χ1v) is 10.6. The van der Waals surface area contributed by atoms with Crippen molar-refractivity contribution in [2.75, 3.05) is 27.2 Å². The van der Waals surface area contributed by atoms with Gasteiger partial charge in [0.1, 0.15) is 11.5 Å². The maximum absolute atomic E-state index is 12.9. The van der Waals surface area contributed by atoms with Gasteiger partial charge in [-0.25, -0.2) is 0 Å². The minimum atomic E-state index is -0.304. The van der Waals surface area contributed by atoms with Gasteiger partial charge < -0.3 is 15.0 Å². The van der Waals surface area contributed by atoms with Crippen molar-refractivity contribution in [3.8, 4) is 5.75 Å². The average Bonchev–Trinajstić information content (AvgIpc) is 2.89. The van der Waals surface area contributed by atoms with Crippen LogP contribution < -0.4 is 10.1 Å². The van der Waals surface area contributed by atoms with Crippen molar-refractivity contribution in [2.45, 2.75) is 57.9 Å². The molecule has 160 valence electrons.